The van der Waals surface area contributed by atoms with Crippen LogP contribution in [0.15, 0.2) is 22.2 Å². The van der Waals surface area contributed by atoms with Gasteiger partial charge in [-0.05, 0) is 36.6 Å². The zero-order valence-corrected chi connectivity index (χ0v) is 17.9. The molecule has 1 aromatic rings. The number of nitrogens with one attached hydrogen (secondary N) is 1. The highest BCUT2D eigenvalue weighted by atomic mass is 79.9. The number of carbonyl (C=O) groups is 4. The summed E-state index contributed by atoms with van der Waals surface area (Å²) < 4.78 is 10.9. The van der Waals surface area contributed by atoms with E-state index in [-0.39, 0.29) is 23.1 Å². The molecule has 1 heterocycles. The first-order valence-electron chi connectivity index (χ1n) is 9.44. The van der Waals surface area contributed by atoms with Crippen molar-refractivity contribution < 1.29 is 33.8 Å². The fourth-order valence-corrected chi connectivity index (χ4v) is 4.01. The number of imide groups is 2. The number of urea groups is 1. The highest BCUT2D eigenvalue weighted by Crippen LogP contribution is 2.35. The van der Waals surface area contributed by atoms with Crippen molar-refractivity contribution in [2.75, 3.05) is 13.7 Å². The third-order valence-corrected chi connectivity index (χ3v) is 5.69. The first-order valence-corrected chi connectivity index (χ1v) is 10.2. The molecule has 1 aromatic carbocycles. The van der Waals surface area contributed by atoms with E-state index in [1.165, 1.54) is 25.3 Å². The molecular formula is C20H21BrN2O7. The van der Waals surface area contributed by atoms with Crippen LogP contribution in [0.5, 0.6) is 11.5 Å². The lowest BCUT2D eigenvalue weighted by Gasteiger charge is -2.35. The summed E-state index contributed by atoms with van der Waals surface area (Å²) in [6.07, 6.45) is 5.71. The molecule has 0 aromatic heterocycles. The van der Waals surface area contributed by atoms with E-state index in [2.05, 4.69) is 21.2 Å². The Balaban J connectivity index is 1.93. The molecule has 0 radical (unpaired) electrons. The Bertz CT molecular complexity index is 922. The molecule has 2 fully saturated rings. The molecule has 9 nitrogen and oxygen atoms in total. The molecule has 1 aliphatic carbocycles. The fourth-order valence-electron chi connectivity index (χ4n) is 3.57. The van der Waals surface area contributed by atoms with E-state index in [1.807, 2.05) is 0 Å². The smallest absolute Gasteiger partial charge is 0.341 e. The largest absolute Gasteiger partial charge is 0.493 e. The Morgan fingerprint density at radius 1 is 1.23 bits per heavy atom. The lowest BCUT2D eigenvalue weighted by Crippen LogP contribution is -2.58. The minimum atomic E-state index is -1.14. The predicted octanol–water partition coefficient (Wildman–Crippen LogP) is 2.72. The van der Waals surface area contributed by atoms with Crippen LogP contribution in [0.4, 0.5) is 4.79 Å². The maximum atomic E-state index is 13.0. The van der Waals surface area contributed by atoms with Crippen molar-refractivity contribution in [3.8, 4) is 11.5 Å². The molecule has 3 rings (SSSR count). The van der Waals surface area contributed by atoms with Crippen molar-refractivity contribution in [1.82, 2.24) is 10.2 Å². The third-order valence-electron chi connectivity index (χ3n) is 5.01. The van der Waals surface area contributed by atoms with Gasteiger partial charge in [0.05, 0.1) is 7.11 Å². The van der Waals surface area contributed by atoms with Crippen LogP contribution in [-0.4, -0.2) is 53.6 Å². The van der Waals surface area contributed by atoms with Crippen LogP contribution >= 0.6 is 15.9 Å². The lowest BCUT2D eigenvalue weighted by atomic mass is 9.93. The number of barbiturate groups is 1. The van der Waals surface area contributed by atoms with Crippen LogP contribution in [-0.2, 0) is 14.4 Å². The molecular weight excluding hydrogens is 460 g/mol. The number of amides is 4. The van der Waals surface area contributed by atoms with Gasteiger partial charge in [0, 0.05) is 10.5 Å². The average Bonchev–Trinajstić information content (AvgIpc) is 2.71. The average molecular weight is 481 g/mol. The van der Waals surface area contributed by atoms with Crippen molar-refractivity contribution >= 4 is 45.8 Å². The van der Waals surface area contributed by atoms with E-state index in [1.54, 1.807) is 0 Å². The van der Waals surface area contributed by atoms with Gasteiger partial charge in [0.25, 0.3) is 11.8 Å². The van der Waals surface area contributed by atoms with Crippen molar-refractivity contribution in [2.45, 2.75) is 38.1 Å². The van der Waals surface area contributed by atoms with Crippen LogP contribution in [0.3, 0.4) is 0 Å². The van der Waals surface area contributed by atoms with Crippen LogP contribution in [0.2, 0.25) is 0 Å². The van der Waals surface area contributed by atoms with Gasteiger partial charge in [0.15, 0.2) is 18.1 Å². The topological polar surface area (TPSA) is 122 Å². The second kappa shape index (κ2) is 9.29. The summed E-state index contributed by atoms with van der Waals surface area (Å²) >= 11 is 3.34. The summed E-state index contributed by atoms with van der Waals surface area (Å²) in [5, 5.41) is 11.0. The number of halogens is 1. The first-order chi connectivity index (χ1) is 14.3. The summed E-state index contributed by atoms with van der Waals surface area (Å²) in [6.45, 7) is -0.553. The van der Waals surface area contributed by atoms with E-state index >= 15 is 0 Å². The minimum absolute atomic E-state index is 0.165. The second-order valence-electron chi connectivity index (χ2n) is 6.99. The fraction of sp³-hybridized carbons (Fsp3) is 0.400. The quantitative estimate of drug-likeness (QED) is 0.473. The molecule has 1 saturated carbocycles. The minimum Gasteiger partial charge on any atom is -0.493 e. The molecule has 0 spiro atoms. The van der Waals surface area contributed by atoms with Crippen LogP contribution in [0.25, 0.3) is 6.08 Å². The monoisotopic (exact) mass is 480 g/mol. The third kappa shape index (κ3) is 4.64. The standard InChI is InChI=1S/C20H21BrN2O7/c1-29-15-8-11(14(21)9-16(15)30-10-17(24)25)7-13-18(26)22-20(28)23(19(13)27)12-5-3-2-4-6-12/h7-9,12H,2-6,10H2,1H3,(H,24,25)(H,22,26,28)/b13-7-. The highest BCUT2D eigenvalue weighted by molar-refractivity contribution is 9.10. The second-order valence-corrected chi connectivity index (χ2v) is 7.85. The van der Waals surface area contributed by atoms with Gasteiger partial charge < -0.3 is 14.6 Å². The molecule has 0 atom stereocenters. The SMILES string of the molecule is COc1cc(/C=C2/C(=O)NC(=O)N(C3CCCCC3)C2=O)c(Br)cc1OCC(=O)O. The number of benzene rings is 1. The van der Waals surface area contributed by atoms with E-state index < -0.39 is 30.4 Å². The van der Waals surface area contributed by atoms with Crippen molar-refractivity contribution in [3.63, 3.8) is 0 Å². The van der Waals surface area contributed by atoms with E-state index in [0.29, 0.717) is 22.9 Å². The molecule has 1 saturated heterocycles. The molecule has 0 unspecified atom stereocenters. The van der Waals surface area contributed by atoms with E-state index in [0.717, 1.165) is 24.2 Å². The summed E-state index contributed by atoms with van der Waals surface area (Å²) in [6, 6.07) is 2.08. The van der Waals surface area contributed by atoms with Crippen molar-refractivity contribution in [3.05, 3.63) is 27.7 Å². The number of nitrogens with zero attached hydrogens (tertiary/aromatic N) is 1. The Kier molecular flexibility index (Phi) is 6.76. The maximum absolute atomic E-state index is 13.0. The molecule has 30 heavy (non-hydrogen) atoms. The Labute approximate surface area is 181 Å². The normalized spacial score (nSPS) is 19.1. The van der Waals surface area contributed by atoms with Gasteiger partial charge in [-0.2, -0.15) is 0 Å². The highest BCUT2D eigenvalue weighted by Gasteiger charge is 2.40. The molecule has 1 aliphatic heterocycles. The summed E-state index contributed by atoms with van der Waals surface area (Å²) in [7, 11) is 1.38. The molecule has 2 N–H and O–H groups in total. The summed E-state index contributed by atoms with van der Waals surface area (Å²) in [5.74, 6) is -2.12. The van der Waals surface area contributed by atoms with Crippen molar-refractivity contribution in [1.29, 1.82) is 0 Å². The number of methoxy groups -OCH3 is 1. The van der Waals surface area contributed by atoms with E-state index in [4.69, 9.17) is 14.6 Å². The van der Waals surface area contributed by atoms with Gasteiger partial charge in [0.2, 0.25) is 0 Å². The Morgan fingerprint density at radius 2 is 1.93 bits per heavy atom. The number of aliphatic carboxylic acids is 1. The zero-order valence-electron chi connectivity index (χ0n) is 16.3. The Morgan fingerprint density at radius 3 is 2.57 bits per heavy atom. The van der Waals surface area contributed by atoms with Gasteiger partial charge in [-0.25, -0.2) is 9.59 Å². The van der Waals surface area contributed by atoms with Crippen LogP contribution in [0.1, 0.15) is 37.7 Å². The lowest BCUT2D eigenvalue weighted by molar-refractivity contribution is -0.139. The van der Waals surface area contributed by atoms with Gasteiger partial charge in [0.1, 0.15) is 5.57 Å². The number of rotatable bonds is 6. The van der Waals surface area contributed by atoms with E-state index in [9.17, 15) is 19.2 Å². The number of ether oxygens (including phenoxy) is 2. The summed E-state index contributed by atoms with van der Waals surface area (Å²) in [4.78, 5) is 49.6. The molecule has 160 valence electrons. The van der Waals surface area contributed by atoms with Gasteiger partial charge in [-0.3, -0.25) is 19.8 Å². The molecule has 10 heteroatoms. The number of carboxylic acid groups (broad SMARTS) is 1. The van der Waals surface area contributed by atoms with Gasteiger partial charge in [-0.1, -0.05) is 35.2 Å². The van der Waals surface area contributed by atoms with Gasteiger partial charge in [-0.15, -0.1) is 0 Å². The van der Waals surface area contributed by atoms with Crippen LogP contribution in [0, 0.1) is 0 Å². The number of carbonyl (C=O) groups excluding carboxylic acids is 3. The summed E-state index contributed by atoms with van der Waals surface area (Å²) in [5.41, 5.74) is 0.271. The Hall–Kier alpha value is -2.88. The number of hydrogen-bond acceptors (Lipinski definition) is 6. The molecule has 0 bridgehead atoms. The van der Waals surface area contributed by atoms with Crippen molar-refractivity contribution in [2.24, 2.45) is 0 Å². The zero-order chi connectivity index (χ0) is 21.8. The number of hydrogen-bond donors (Lipinski definition) is 2. The molecule has 4 amide bonds. The maximum Gasteiger partial charge on any atom is 0.341 e. The van der Waals surface area contributed by atoms with Crippen LogP contribution < -0.4 is 14.8 Å². The predicted molar refractivity (Wildman–Crippen MR) is 109 cm³/mol. The number of carboxylic acids is 1. The molecule has 2 aliphatic rings. The van der Waals surface area contributed by atoms with Gasteiger partial charge >= 0.3 is 12.0 Å². The first kappa shape index (κ1) is 21.8.